The van der Waals surface area contributed by atoms with Gasteiger partial charge in [0.1, 0.15) is 0 Å². The quantitative estimate of drug-likeness (QED) is 0.645. The molecule has 0 bridgehead atoms. The minimum absolute atomic E-state index is 0.0446. The van der Waals surface area contributed by atoms with Gasteiger partial charge in [-0.25, -0.2) is 4.39 Å². The van der Waals surface area contributed by atoms with Crippen molar-refractivity contribution in [2.24, 2.45) is 0 Å². The van der Waals surface area contributed by atoms with Crippen LogP contribution in [0.4, 0.5) is 4.39 Å². The number of rotatable bonds is 2. The molecule has 0 aromatic heterocycles. The van der Waals surface area contributed by atoms with E-state index in [1.807, 2.05) is 0 Å². The fourth-order valence-corrected chi connectivity index (χ4v) is 1.36. The van der Waals surface area contributed by atoms with Gasteiger partial charge in [0.25, 0.3) is 0 Å². The lowest BCUT2D eigenvalue weighted by Crippen LogP contribution is -1.99. The first-order valence-corrected chi connectivity index (χ1v) is 4.08. The largest absolute Gasteiger partial charge is 0.504 e. The number of halogens is 2. The lowest BCUT2D eigenvalue weighted by atomic mass is 10.2. The smallest absolute Gasteiger partial charge is 0.232 e. The van der Waals surface area contributed by atoms with Gasteiger partial charge in [-0.3, -0.25) is 10.1 Å². The molecular weight excluding hydrogens is 245 g/mol. The average molecular weight is 250 g/mol. The van der Waals surface area contributed by atoms with E-state index in [1.165, 1.54) is 6.07 Å². The van der Waals surface area contributed by atoms with Crippen LogP contribution in [0.5, 0.6) is 5.75 Å². The second kappa shape index (κ2) is 3.69. The van der Waals surface area contributed by atoms with Gasteiger partial charge in [0, 0.05) is 9.40 Å². The van der Waals surface area contributed by atoms with Crippen LogP contribution in [0.25, 0.3) is 0 Å². The zero-order chi connectivity index (χ0) is 10.0. The van der Waals surface area contributed by atoms with Crippen molar-refractivity contribution in [3.63, 3.8) is 0 Å². The van der Waals surface area contributed by atoms with Crippen LogP contribution in [0, 0.1) is 15.9 Å². The van der Waals surface area contributed by atoms with Crippen molar-refractivity contribution in [3.05, 3.63) is 38.1 Å². The van der Waals surface area contributed by atoms with Gasteiger partial charge in [-0.2, -0.15) is 0 Å². The Balaban J connectivity index is 3.12. The Morgan fingerprint density at radius 1 is 1.62 bits per heavy atom. The lowest BCUT2D eigenvalue weighted by molar-refractivity contribution is -0.497. The van der Waals surface area contributed by atoms with Gasteiger partial charge in [0.15, 0.2) is 11.6 Å². The maximum atomic E-state index is 12.8. The standard InChI is InChI=1S/C7H5BrFNO3/c8-5-1-4(3-10(12)13)7(11)6(9)2-5/h1-2,11H,3H2. The summed E-state index contributed by atoms with van der Waals surface area (Å²) in [7, 11) is 0. The van der Waals surface area contributed by atoms with Crippen molar-refractivity contribution in [2.75, 3.05) is 0 Å². The number of hydrogen-bond acceptors (Lipinski definition) is 3. The van der Waals surface area contributed by atoms with Crippen molar-refractivity contribution < 1.29 is 14.4 Å². The fraction of sp³-hybridized carbons (Fsp3) is 0.143. The van der Waals surface area contributed by atoms with Gasteiger partial charge < -0.3 is 5.11 Å². The summed E-state index contributed by atoms with van der Waals surface area (Å²) in [5, 5.41) is 19.2. The second-order valence-corrected chi connectivity index (χ2v) is 3.30. The number of phenolic OH excluding ortho intramolecular Hbond substituents is 1. The molecule has 13 heavy (non-hydrogen) atoms. The van der Waals surface area contributed by atoms with E-state index in [2.05, 4.69) is 15.9 Å². The first-order chi connectivity index (χ1) is 6.00. The third kappa shape index (κ3) is 2.38. The molecule has 0 fully saturated rings. The summed E-state index contributed by atoms with van der Waals surface area (Å²) in [6.45, 7) is -0.595. The summed E-state index contributed by atoms with van der Waals surface area (Å²) in [6, 6.07) is 2.35. The van der Waals surface area contributed by atoms with Crippen molar-refractivity contribution in [3.8, 4) is 5.75 Å². The molecule has 70 valence electrons. The number of nitro groups is 1. The summed E-state index contributed by atoms with van der Waals surface area (Å²) in [5.74, 6) is -1.54. The number of benzene rings is 1. The summed E-state index contributed by atoms with van der Waals surface area (Å²) in [6.07, 6.45) is 0. The molecule has 0 heterocycles. The van der Waals surface area contributed by atoms with Crippen LogP contribution in [0.1, 0.15) is 5.56 Å². The average Bonchev–Trinajstić information content (AvgIpc) is 1.98. The van der Waals surface area contributed by atoms with Gasteiger partial charge in [-0.05, 0) is 12.1 Å². The molecule has 1 aromatic carbocycles. The highest BCUT2D eigenvalue weighted by molar-refractivity contribution is 9.10. The molecule has 6 heteroatoms. The maximum absolute atomic E-state index is 12.8. The molecule has 0 saturated carbocycles. The minimum atomic E-state index is -0.869. The van der Waals surface area contributed by atoms with E-state index in [0.29, 0.717) is 4.47 Å². The summed E-state index contributed by atoms with van der Waals surface area (Å²) < 4.78 is 13.1. The van der Waals surface area contributed by atoms with E-state index in [0.717, 1.165) is 6.07 Å². The van der Waals surface area contributed by atoms with Crippen LogP contribution in [0.15, 0.2) is 16.6 Å². The highest BCUT2D eigenvalue weighted by atomic mass is 79.9. The van der Waals surface area contributed by atoms with Crippen molar-refractivity contribution in [2.45, 2.75) is 6.54 Å². The molecule has 1 N–H and O–H groups in total. The van der Waals surface area contributed by atoms with Gasteiger partial charge in [0.2, 0.25) is 6.54 Å². The molecule has 0 saturated heterocycles. The van der Waals surface area contributed by atoms with Gasteiger partial charge in [-0.15, -0.1) is 0 Å². The molecule has 4 nitrogen and oxygen atoms in total. The topological polar surface area (TPSA) is 63.4 Å². The van der Waals surface area contributed by atoms with Crippen LogP contribution in [-0.2, 0) is 6.54 Å². The number of hydrogen-bond donors (Lipinski definition) is 1. The summed E-state index contributed by atoms with van der Waals surface area (Å²) >= 11 is 2.96. The zero-order valence-corrected chi connectivity index (χ0v) is 7.91. The lowest BCUT2D eigenvalue weighted by Gasteiger charge is -2.01. The van der Waals surface area contributed by atoms with Crippen LogP contribution in [-0.4, -0.2) is 10.0 Å². The third-order valence-corrected chi connectivity index (χ3v) is 1.86. The highest BCUT2D eigenvalue weighted by Crippen LogP contribution is 2.26. The molecule has 0 aliphatic rings. The van der Waals surface area contributed by atoms with Gasteiger partial charge >= 0.3 is 0 Å². The predicted octanol–water partition coefficient (Wildman–Crippen LogP) is 2.07. The van der Waals surface area contributed by atoms with Crippen molar-refractivity contribution in [1.29, 1.82) is 0 Å². The van der Waals surface area contributed by atoms with Crippen LogP contribution < -0.4 is 0 Å². The molecule has 1 aromatic rings. The van der Waals surface area contributed by atoms with E-state index >= 15 is 0 Å². The van der Waals surface area contributed by atoms with Crippen molar-refractivity contribution in [1.82, 2.24) is 0 Å². The molecule has 0 aliphatic carbocycles. The molecule has 0 spiro atoms. The first kappa shape index (κ1) is 9.91. The molecule has 0 radical (unpaired) electrons. The molecular formula is C7H5BrFNO3. The fourth-order valence-electron chi connectivity index (χ4n) is 0.879. The first-order valence-electron chi connectivity index (χ1n) is 3.29. The summed E-state index contributed by atoms with van der Waals surface area (Å²) in [4.78, 5) is 9.46. The van der Waals surface area contributed by atoms with E-state index < -0.39 is 23.0 Å². The SMILES string of the molecule is O=[N+]([O-])Cc1cc(Br)cc(F)c1O. The third-order valence-electron chi connectivity index (χ3n) is 1.41. The Morgan fingerprint density at radius 3 is 2.77 bits per heavy atom. The van der Waals surface area contributed by atoms with E-state index in [1.54, 1.807) is 0 Å². The Bertz CT molecular complexity index is 356. The Hall–Kier alpha value is -1.17. The molecule has 0 atom stereocenters. The maximum Gasteiger partial charge on any atom is 0.232 e. The van der Waals surface area contributed by atoms with E-state index in [4.69, 9.17) is 5.11 Å². The summed E-state index contributed by atoms with van der Waals surface area (Å²) in [5.41, 5.74) is -0.0446. The normalized spacial score (nSPS) is 10.0. The van der Waals surface area contributed by atoms with Gasteiger partial charge in [0.05, 0.1) is 5.56 Å². The minimum Gasteiger partial charge on any atom is -0.504 e. The molecule has 0 unspecified atom stereocenters. The number of nitrogens with zero attached hydrogens (tertiary/aromatic N) is 1. The Morgan fingerprint density at radius 2 is 2.23 bits per heavy atom. The zero-order valence-electron chi connectivity index (χ0n) is 6.33. The molecule has 0 amide bonds. The van der Waals surface area contributed by atoms with Crippen molar-refractivity contribution >= 4 is 15.9 Å². The van der Waals surface area contributed by atoms with Crippen LogP contribution in [0.3, 0.4) is 0 Å². The number of phenols is 1. The highest BCUT2D eigenvalue weighted by Gasteiger charge is 2.13. The van der Waals surface area contributed by atoms with E-state index in [9.17, 15) is 14.5 Å². The Kier molecular flexibility index (Phi) is 2.82. The second-order valence-electron chi connectivity index (χ2n) is 2.39. The molecule has 1 rings (SSSR count). The van der Waals surface area contributed by atoms with Crippen LogP contribution in [0.2, 0.25) is 0 Å². The number of aromatic hydroxyl groups is 1. The monoisotopic (exact) mass is 249 g/mol. The van der Waals surface area contributed by atoms with Crippen LogP contribution >= 0.6 is 15.9 Å². The predicted molar refractivity (Wildman–Crippen MR) is 46.5 cm³/mol. The Labute approximate surface area is 81.3 Å². The van der Waals surface area contributed by atoms with E-state index in [-0.39, 0.29) is 5.56 Å². The van der Waals surface area contributed by atoms with Gasteiger partial charge in [-0.1, -0.05) is 15.9 Å². The molecule has 0 aliphatic heterocycles.